The number of aliphatic hydroxyl groups excluding tert-OH is 1. The summed E-state index contributed by atoms with van der Waals surface area (Å²) in [6.07, 6.45) is 4.63. The van der Waals surface area contributed by atoms with Gasteiger partial charge in [0.2, 0.25) is 0 Å². The van der Waals surface area contributed by atoms with E-state index < -0.39 is 0 Å². The summed E-state index contributed by atoms with van der Waals surface area (Å²) < 4.78 is 5.02. The fourth-order valence-corrected chi connectivity index (χ4v) is 2.69. The summed E-state index contributed by atoms with van der Waals surface area (Å²) in [6, 6.07) is 6.01. The minimum atomic E-state index is -0.0274. The van der Waals surface area contributed by atoms with E-state index in [0.29, 0.717) is 19.7 Å². The molecule has 1 aromatic rings. The Morgan fingerprint density at radius 3 is 2.70 bits per heavy atom. The number of carbonyl (C=O) groups is 1. The van der Waals surface area contributed by atoms with Gasteiger partial charge in [0.15, 0.2) is 0 Å². The standard InChI is InChI=1S/C16H23NO3/c1-20-11-9-17(8-10-18)16(19)15-7-6-13-4-2-3-5-14(13)12-15/h6-7,12,18H,2-5,8-11H2,1H3. The first-order valence-electron chi connectivity index (χ1n) is 7.27. The van der Waals surface area contributed by atoms with Crippen molar-refractivity contribution in [1.29, 1.82) is 0 Å². The molecule has 0 fully saturated rings. The molecule has 1 aliphatic carbocycles. The van der Waals surface area contributed by atoms with Gasteiger partial charge in [-0.05, 0) is 48.9 Å². The van der Waals surface area contributed by atoms with Gasteiger partial charge < -0.3 is 14.7 Å². The average molecular weight is 277 g/mol. The van der Waals surface area contributed by atoms with Crippen molar-refractivity contribution in [3.63, 3.8) is 0 Å². The fourth-order valence-electron chi connectivity index (χ4n) is 2.69. The minimum absolute atomic E-state index is 0.0236. The Kier molecular flexibility index (Phi) is 5.56. The van der Waals surface area contributed by atoms with E-state index in [2.05, 4.69) is 6.07 Å². The molecule has 0 saturated heterocycles. The molecule has 0 spiro atoms. The van der Waals surface area contributed by atoms with E-state index >= 15 is 0 Å². The van der Waals surface area contributed by atoms with E-state index in [9.17, 15) is 4.79 Å². The van der Waals surface area contributed by atoms with Crippen molar-refractivity contribution < 1.29 is 14.6 Å². The maximum absolute atomic E-state index is 12.5. The van der Waals surface area contributed by atoms with E-state index in [1.54, 1.807) is 12.0 Å². The first kappa shape index (κ1) is 15.0. The van der Waals surface area contributed by atoms with E-state index in [-0.39, 0.29) is 12.5 Å². The van der Waals surface area contributed by atoms with Crippen molar-refractivity contribution in [1.82, 2.24) is 4.90 Å². The van der Waals surface area contributed by atoms with Gasteiger partial charge >= 0.3 is 0 Å². The number of aryl methyl sites for hydroxylation is 2. The highest BCUT2D eigenvalue weighted by Gasteiger charge is 2.17. The topological polar surface area (TPSA) is 49.8 Å². The third kappa shape index (κ3) is 3.58. The lowest BCUT2D eigenvalue weighted by molar-refractivity contribution is 0.0656. The molecule has 2 rings (SSSR count). The third-order valence-electron chi connectivity index (χ3n) is 3.82. The van der Waals surface area contributed by atoms with Crippen LogP contribution in [0, 0.1) is 0 Å². The lowest BCUT2D eigenvalue weighted by Gasteiger charge is -2.23. The lowest BCUT2D eigenvalue weighted by Crippen LogP contribution is -2.36. The SMILES string of the molecule is COCCN(CCO)C(=O)c1ccc2c(c1)CCCC2. The summed E-state index contributed by atoms with van der Waals surface area (Å²) >= 11 is 0. The molecule has 0 bridgehead atoms. The lowest BCUT2D eigenvalue weighted by atomic mass is 9.90. The van der Waals surface area contributed by atoms with Crippen molar-refractivity contribution in [2.45, 2.75) is 25.7 Å². The number of rotatable bonds is 6. The van der Waals surface area contributed by atoms with Crippen LogP contribution in [-0.4, -0.2) is 49.3 Å². The molecule has 110 valence electrons. The Bertz CT molecular complexity index is 459. The molecular formula is C16H23NO3. The second kappa shape index (κ2) is 7.41. The van der Waals surface area contributed by atoms with Crippen LogP contribution in [0.3, 0.4) is 0 Å². The zero-order chi connectivity index (χ0) is 14.4. The Morgan fingerprint density at radius 2 is 2.00 bits per heavy atom. The smallest absolute Gasteiger partial charge is 0.254 e. The summed E-state index contributed by atoms with van der Waals surface area (Å²) in [5, 5.41) is 9.09. The zero-order valence-electron chi connectivity index (χ0n) is 12.1. The molecule has 0 unspecified atom stereocenters. The van der Waals surface area contributed by atoms with E-state index in [0.717, 1.165) is 18.4 Å². The summed E-state index contributed by atoms with van der Waals surface area (Å²) in [7, 11) is 1.61. The first-order chi connectivity index (χ1) is 9.76. The number of amides is 1. The number of benzene rings is 1. The van der Waals surface area contributed by atoms with Crippen LogP contribution in [0.15, 0.2) is 18.2 Å². The van der Waals surface area contributed by atoms with Gasteiger partial charge in [-0.1, -0.05) is 6.07 Å². The quantitative estimate of drug-likeness (QED) is 0.860. The van der Waals surface area contributed by atoms with Gasteiger partial charge in [0.25, 0.3) is 5.91 Å². The highest BCUT2D eigenvalue weighted by molar-refractivity contribution is 5.94. The van der Waals surface area contributed by atoms with E-state index in [1.165, 1.54) is 24.0 Å². The van der Waals surface area contributed by atoms with E-state index in [1.807, 2.05) is 12.1 Å². The number of nitrogens with zero attached hydrogens (tertiary/aromatic N) is 1. The van der Waals surface area contributed by atoms with E-state index in [4.69, 9.17) is 9.84 Å². The van der Waals surface area contributed by atoms with Crippen molar-refractivity contribution in [2.75, 3.05) is 33.4 Å². The molecular weight excluding hydrogens is 254 g/mol. The zero-order valence-corrected chi connectivity index (χ0v) is 12.1. The van der Waals surface area contributed by atoms with Crippen LogP contribution < -0.4 is 0 Å². The predicted octanol–water partition coefficient (Wildman–Crippen LogP) is 1.65. The Labute approximate surface area is 120 Å². The molecule has 0 aliphatic heterocycles. The third-order valence-corrected chi connectivity index (χ3v) is 3.82. The van der Waals surface area contributed by atoms with Gasteiger partial charge in [0.1, 0.15) is 0 Å². The number of aliphatic hydroxyl groups is 1. The van der Waals surface area contributed by atoms with Crippen molar-refractivity contribution in [3.05, 3.63) is 34.9 Å². The minimum Gasteiger partial charge on any atom is -0.395 e. The Morgan fingerprint density at radius 1 is 1.25 bits per heavy atom. The van der Waals surface area contributed by atoms with Crippen LogP contribution in [0.4, 0.5) is 0 Å². The molecule has 1 N–H and O–H groups in total. The van der Waals surface area contributed by atoms with Crippen molar-refractivity contribution in [3.8, 4) is 0 Å². The van der Waals surface area contributed by atoms with Gasteiger partial charge in [0, 0.05) is 25.8 Å². The number of methoxy groups -OCH3 is 1. The highest BCUT2D eigenvalue weighted by Crippen LogP contribution is 2.22. The summed E-state index contributed by atoms with van der Waals surface area (Å²) in [5.74, 6) is -0.0236. The predicted molar refractivity (Wildman–Crippen MR) is 77.9 cm³/mol. The number of hydrogen-bond acceptors (Lipinski definition) is 3. The van der Waals surface area contributed by atoms with Crippen LogP contribution >= 0.6 is 0 Å². The number of carbonyl (C=O) groups excluding carboxylic acids is 1. The molecule has 1 amide bonds. The average Bonchev–Trinajstić information content (AvgIpc) is 2.50. The maximum Gasteiger partial charge on any atom is 0.254 e. The van der Waals surface area contributed by atoms with Crippen LogP contribution in [0.5, 0.6) is 0 Å². The first-order valence-corrected chi connectivity index (χ1v) is 7.27. The van der Waals surface area contributed by atoms with Gasteiger partial charge in [-0.25, -0.2) is 0 Å². The molecule has 0 radical (unpaired) electrons. The van der Waals surface area contributed by atoms with Crippen LogP contribution in [0.2, 0.25) is 0 Å². The Balaban J connectivity index is 2.13. The van der Waals surface area contributed by atoms with Gasteiger partial charge in [0.05, 0.1) is 13.2 Å². The number of ether oxygens (including phenoxy) is 1. The van der Waals surface area contributed by atoms with Gasteiger partial charge in [-0.15, -0.1) is 0 Å². The molecule has 4 nitrogen and oxygen atoms in total. The molecule has 0 heterocycles. The Hall–Kier alpha value is -1.39. The van der Waals surface area contributed by atoms with Crippen LogP contribution in [0.25, 0.3) is 0 Å². The van der Waals surface area contributed by atoms with Gasteiger partial charge in [-0.2, -0.15) is 0 Å². The highest BCUT2D eigenvalue weighted by atomic mass is 16.5. The molecule has 0 atom stereocenters. The summed E-state index contributed by atoms with van der Waals surface area (Å²) in [6.45, 7) is 1.31. The summed E-state index contributed by atoms with van der Waals surface area (Å²) in [4.78, 5) is 14.1. The molecule has 1 aliphatic rings. The van der Waals surface area contributed by atoms with Crippen molar-refractivity contribution in [2.24, 2.45) is 0 Å². The molecule has 1 aromatic carbocycles. The number of fused-ring (bicyclic) bond motifs is 1. The fraction of sp³-hybridized carbons (Fsp3) is 0.562. The van der Waals surface area contributed by atoms with Crippen LogP contribution in [-0.2, 0) is 17.6 Å². The van der Waals surface area contributed by atoms with Gasteiger partial charge in [-0.3, -0.25) is 4.79 Å². The second-order valence-electron chi connectivity index (χ2n) is 5.20. The molecule has 0 saturated carbocycles. The molecule has 0 aromatic heterocycles. The summed E-state index contributed by atoms with van der Waals surface area (Å²) in [5.41, 5.74) is 3.39. The second-order valence-corrected chi connectivity index (χ2v) is 5.20. The normalized spacial score (nSPS) is 13.9. The molecule has 20 heavy (non-hydrogen) atoms. The number of hydrogen-bond donors (Lipinski definition) is 1. The molecule has 4 heteroatoms. The van der Waals surface area contributed by atoms with Crippen LogP contribution in [0.1, 0.15) is 34.3 Å². The maximum atomic E-state index is 12.5. The largest absolute Gasteiger partial charge is 0.395 e. The van der Waals surface area contributed by atoms with Crippen molar-refractivity contribution >= 4 is 5.91 Å². The monoisotopic (exact) mass is 277 g/mol.